The van der Waals surface area contributed by atoms with Crippen molar-refractivity contribution in [1.82, 2.24) is 16.0 Å². The fourth-order valence-electron chi connectivity index (χ4n) is 1.71. The molecule has 0 bridgehead atoms. The van der Waals surface area contributed by atoms with Crippen LogP contribution in [0, 0.1) is 6.92 Å². The third-order valence-corrected chi connectivity index (χ3v) is 2.78. The molecule has 0 spiro atoms. The van der Waals surface area contributed by atoms with Crippen LogP contribution in [0.3, 0.4) is 0 Å². The van der Waals surface area contributed by atoms with Crippen LogP contribution in [0.4, 0.5) is 0 Å². The van der Waals surface area contributed by atoms with Crippen LogP contribution in [0.2, 0.25) is 0 Å². The summed E-state index contributed by atoms with van der Waals surface area (Å²) in [6, 6.07) is 7.97. The molecule has 0 fully saturated rings. The first-order chi connectivity index (χ1) is 10.6. The normalized spacial score (nSPS) is 11.0. The fraction of sp³-hybridized carbons (Fsp3) is 0.500. The van der Waals surface area contributed by atoms with Gasteiger partial charge in [-0.3, -0.25) is 9.79 Å². The van der Waals surface area contributed by atoms with Gasteiger partial charge in [0.25, 0.3) is 0 Å². The van der Waals surface area contributed by atoms with Crippen molar-refractivity contribution < 1.29 is 9.53 Å². The van der Waals surface area contributed by atoms with Crippen molar-refractivity contribution in [2.24, 2.45) is 4.99 Å². The molecule has 0 unspecified atom stereocenters. The lowest BCUT2D eigenvalue weighted by molar-refractivity contribution is -0.118. The Morgan fingerprint density at radius 3 is 2.50 bits per heavy atom. The van der Waals surface area contributed by atoms with E-state index in [2.05, 4.69) is 20.9 Å². The van der Waals surface area contributed by atoms with Gasteiger partial charge in [0.05, 0.1) is 13.1 Å². The molecule has 1 rings (SSSR count). The number of benzene rings is 1. The summed E-state index contributed by atoms with van der Waals surface area (Å²) in [5.74, 6) is 1.54. The Balaban J connectivity index is 2.26. The van der Waals surface area contributed by atoms with Crippen molar-refractivity contribution in [2.45, 2.75) is 20.8 Å². The molecule has 0 aliphatic heterocycles. The summed E-state index contributed by atoms with van der Waals surface area (Å²) in [5, 5.41) is 9.05. The number of ether oxygens (including phenoxy) is 1. The van der Waals surface area contributed by atoms with E-state index in [4.69, 9.17) is 4.74 Å². The van der Waals surface area contributed by atoms with Gasteiger partial charge in [0.15, 0.2) is 5.96 Å². The molecule has 3 N–H and O–H groups in total. The number of aliphatic imine (C=N–C) groups is 1. The van der Waals surface area contributed by atoms with Gasteiger partial charge >= 0.3 is 0 Å². The Bertz CT molecular complexity index is 472. The molecule has 0 saturated heterocycles. The predicted molar refractivity (Wildman–Crippen MR) is 89.3 cm³/mol. The highest BCUT2D eigenvalue weighted by molar-refractivity contribution is 5.79. The van der Waals surface area contributed by atoms with Crippen molar-refractivity contribution in [3.8, 4) is 5.75 Å². The predicted octanol–water partition coefficient (Wildman–Crippen LogP) is 1.07. The summed E-state index contributed by atoms with van der Waals surface area (Å²) >= 11 is 0. The number of carbonyl (C=O) groups excluding carboxylic acids is 1. The monoisotopic (exact) mass is 306 g/mol. The average Bonchev–Trinajstić information content (AvgIpc) is 2.49. The largest absolute Gasteiger partial charge is 0.492 e. The molecule has 1 amide bonds. The van der Waals surface area contributed by atoms with E-state index in [0.717, 1.165) is 18.3 Å². The number of hydrogen-bond acceptors (Lipinski definition) is 3. The number of nitrogens with zero attached hydrogens (tertiary/aromatic N) is 1. The van der Waals surface area contributed by atoms with Crippen LogP contribution in [0.25, 0.3) is 0 Å². The molecule has 0 aromatic heterocycles. The smallest absolute Gasteiger partial charge is 0.216 e. The van der Waals surface area contributed by atoms with Gasteiger partial charge in [-0.1, -0.05) is 17.7 Å². The SMILES string of the molecule is CCNC(=NCCNC(C)=O)NCCOc1ccc(C)cc1. The molecule has 0 radical (unpaired) electrons. The summed E-state index contributed by atoms with van der Waals surface area (Å²) in [6.07, 6.45) is 0. The highest BCUT2D eigenvalue weighted by atomic mass is 16.5. The van der Waals surface area contributed by atoms with E-state index in [1.54, 1.807) is 0 Å². The molecule has 0 heterocycles. The first-order valence-electron chi connectivity index (χ1n) is 7.58. The second-order valence-electron chi connectivity index (χ2n) is 4.83. The summed E-state index contributed by atoms with van der Waals surface area (Å²) in [4.78, 5) is 15.1. The zero-order valence-corrected chi connectivity index (χ0v) is 13.6. The molecule has 0 saturated carbocycles. The second-order valence-corrected chi connectivity index (χ2v) is 4.83. The first kappa shape index (κ1) is 17.8. The van der Waals surface area contributed by atoms with Crippen LogP contribution >= 0.6 is 0 Å². The quantitative estimate of drug-likeness (QED) is 0.381. The van der Waals surface area contributed by atoms with E-state index in [0.29, 0.717) is 26.2 Å². The van der Waals surface area contributed by atoms with Gasteiger partial charge in [-0.2, -0.15) is 0 Å². The number of hydrogen-bond donors (Lipinski definition) is 3. The van der Waals surface area contributed by atoms with E-state index in [9.17, 15) is 4.79 Å². The molecule has 6 nitrogen and oxygen atoms in total. The van der Waals surface area contributed by atoms with E-state index in [1.165, 1.54) is 12.5 Å². The Morgan fingerprint density at radius 2 is 1.86 bits per heavy atom. The number of carbonyl (C=O) groups is 1. The van der Waals surface area contributed by atoms with E-state index in [-0.39, 0.29) is 5.91 Å². The highest BCUT2D eigenvalue weighted by Crippen LogP contribution is 2.10. The first-order valence-corrected chi connectivity index (χ1v) is 7.58. The molecule has 0 aliphatic rings. The van der Waals surface area contributed by atoms with E-state index < -0.39 is 0 Å². The van der Waals surface area contributed by atoms with Crippen LogP contribution in [0.15, 0.2) is 29.3 Å². The number of guanidine groups is 1. The number of nitrogens with one attached hydrogen (secondary N) is 3. The molecule has 0 atom stereocenters. The van der Waals surface area contributed by atoms with Gasteiger partial charge in [-0.05, 0) is 26.0 Å². The van der Waals surface area contributed by atoms with Gasteiger partial charge in [-0.25, -0.2) is 0 Å². The molecular weight excluding hydrogens is 280 g/mol. The van der Waals surface area contributed by atoms with Gasteiger partial charge < -0.3 is 20.7 Å². The van der Waals surface area contributed by atoms with Crippen LogP contribution in [0.5, 0.6) is 5.75 Å². The van der Waals surface area contributed by atoms with Crippen molar-refractivity contribution in [1.29, 1.82) is 0 Å². The molecule has 6 heteroatoms. The molecule has 1 aromatic rings. The van der Waals surface area contributed by atoms with Crippen molar-refractivity contribution in [3.05, 3.63) is 29.8 Å². The molecule has 22 heavy (non-hydrogen) atoms. The summed E-state index contributed by atoms with van der Waals surface area (Å²) in [5.41, 5.74) is 1.21. The molecule has 122 valence electrons. The van der Waals surface area contributed by atoms with Crippen molar-refractivity contribution >= 4 is 11.9 Å². The zero-order chi connectivity index (χ0) is 16.2. The Morgan fingerprint density at radius 1 is 1.14 bits per heavy atom. The number of rotatable bonds is 8. The third kappa shape index (κ3) is 8.14. The standard InChI is InChI=1S/C16H26N4O2/c1-4-17-16(19-10-9-18-14(3)21)20-11-12-22-15-7-5-13(2)6-8-15/h5-8H,4,9-12H2,1-3H3,(H,18,21)(H2,17,19,20). The minimum absolute atomic E-state index is 0.0420. The lowest BCUT2D eigenvalue weighted by Gasteiger charge is -2.12. The van der Waals surface area contributed by atoms with Crippen LogP contribution in [-0.4, -0.2) is 44.7 Å². The van der Waals surface area contributed by atoms with Crippen molar-refractivity contribution in [2.75, 3.05) is 32.8 Å². The lowest BCUT2D eigenvalue weighted by Crippen LogP contribution is -2.39. The molecular formula is C16H26N4O2. The molecule has 0 aliphatic carbocycles. The maximum atomic E-state index is 10.8. The number of aryl methyl sites for hydroxylation is 1. The maximum Gasteiger partial charge on any atom is 0.216 e. The van der Waals surface area contributed by atoms with Crippen LogP contribution < -0.4 is 20.7 Å². The van der Waals surface area contributed by atoms with Crippen molar-refractivity contribution in [3.63, 3.8) is 0 Å². The minimum Gasteiger partial charge on any atom is -0.492 e. The van der Waals surface area contributed by atoms with Gasteiger partial charge in [0.2, 0.25) is 5.91 Å². The zero-order valence-electron chi connectivity index (χ0n) is 13.6. The fourth-order valence-corrected chi connectivity index (χ4v) is 1.71. The van der Waals surface area contributed by atoms with Crippen LogP contribution in [-0.2, 0) is 4.79 Å². The van der Waals surface area contributed by atoms with Gasteiger partial charge in [0.1, 0.15) is 12.4 Å². The lowest BCUT2D eigenvalue weighted by atomic mass is 10.2. The Kier molecular flexibility index (Phi) is 8.49. The topological polar surface area (TPSA) is 74.8 Å². The Hall–Kier alpha value is -2.24. The summed E-state index contributed by atoms with van der Waals surface area (Å²) in [7, 11) is 0. The Labute approximate surface area is 132 Å². The van der Waals surface area contributed by atoms with E-state index in [1.807, 2.05) is 38.1 Å². The van der Waals surface area contributed by atoms with E-state index >= 15 is 0 Å². The molecule has 1 aromatic carbocycles. The summed E-state index contributed by atoms with van der Waals surface area (Å²) in [6.45, 7) is 8.61. The van der Waals surface area contributed by atoms with Gasteiger partial charge in [-0.15, -0.1) is 0 Å². The second kappa shape index (κ2) is 10.5. The highest BCUT2D eigenvalue weighted by Gasteiger charge is 1.98. The summed E-state index contributed by atoms with van der Waals surface area (Å²) < 4.78 is 5.64. The van der Waals surface area contributed by atoms with Crippen LogP contribution in [0.1, 0.15) is 19.4 Å². The minimum atomic E-state index is -0.0420. The average molecular weight is 306 g/mol. The maximum absolute atomic E-state index is 10.8. The third-order valence-electron chi connectivity index (χ3n) is 2.78. The van der Waals surface area contributed by atoms with Gasteiger partial charge in [0, 0.05) is 20.0 Å². The number of amides is 1.